The van der Waals surface area contributed by atoms with E-state index in [0.717, 1.165) is 12.1 Å². The van der Waals surface area contributed by atoms with E-state index in [4.69, 9.17) is 5.11 Å². The van der Waals surface area contributed by atoms with Crippen LogP contribution in [0.5, 0.6) is 0 Å². The lowest BCUT2D eigenvalue weighted by atomic mass is 10.1. The molecule has 0 unspecified atom stereocenters. The van der Waals surface area contributed by atoms with Crippen LogP contribution in [-0.2, 0) is 6.54 Å². The zero-order valence-electron chi connectivity index (χ0n) is 7.77. The standard InChI is InChI=1S/C10H10N2O2/c1-2-12-6-8-7(10(13)14)4-3-5-9(8)11-12/h3-6H,2H2,1H3,(H,13,14). The Balaban J connectivity index is 2.73. The minimum atomic E-state index is -0.911. The summed E-state index contributed by atoms with van der Waals surface area (Å²) >= 11 is 0. The number of rotatable bonds is 2. The molecule has 4 nitrogen and oxygen atoms in total. The summed E-state index contributed by atoms with van der Waals surface area (Å²) in [5.74, 6) is -0.911. The van der Waals surface area contributed by atoms with Crippen molar-refractivity contribution in [2.75, 3.05) is 0 Å². The molecule has 1 heterocycles. The first kappa shape index (κ1) is 8.74. The quantitative estimate of drug-likeness (QED) is 0.784. The maximum Gasteiger partial charge on any atom is 0.336 e. The van der Waals surface area contributed by atoms with Gasteiger partial charge in [-0.3, -0.25) is 4.68 Å². The minimum Gasteiger partial charge on any atom is -0.478 e. The average molecular weight is 190 g/mol. The normalized spacial score (nSPS) is 10.6. The molecule has 0 atom stereocenters. The minimum absolute atomic E-state index is 0.308. The van der Waals surface area contributed by atoms with Gasteiger partial charge >= 0.3 is 5.97 Å². The Kier molecular flexibility index (Phi) is 1.96. The number of fused-ring (bicyclic) bond motifs is 1. The van der Waals surface area contributed by atoms with Gasteiger partial charge in [0.25, 0.3) is 0 Å². The number of benzene rings is 1. The molecule has 2 aromatic rings. The van der Waals surface area contributed by atoms with Crippen molar-refractivity contribution in [2.24, 2.45) is 0 Å². The first-order valence-corrected chi connectivity index (χ1v) is 4.42. The zero-order chi connectivity index (χ0) is 10.1. The molecule has 0 aliphatic heterocycles. The lowest BCUT2D eigenvalue weighted by Crippen LogP contribution is -1.95. The van der Waals surface area contributed by atoms with E-state index < -0.39 is 5.97 Å². The molecule has 0 amide bonds. The molecule has 1 N–H and O–H groups in total. The first-order chi connectivity index (χ1) is 6.72. The fourth-order valence-electron chi connectivity index (χ4n) is 1.44. The van der Waals surface area contributed by atoms with Gasteiger partial charge in [-0.05, 0) is 19.1 Å². The molecule has 0 spiro atoms. The highest BCUT2D eigenvalue weighted by atomic mass is 16.4. The smallest absolute Gasteiger partial charge is 0.336 e. The molecular weight excluding hydrogens is 180 g/mol. The Morgan fingerprint density at radius 2 is 2.36 bits per heavy atom. The molecule has 0 saturated carbocycles. The fraction of sp³-hybridized carbons (Fsp3) is 0.200. The van der Waals surface area contributed by atoms with E-state index in [9.17, 15) is 4.79 Å². The number of carboxylic acids is 1. The highest BCUT2D eigenvalue weighted by molar-refractivity contribution is 6.02. The number of carbonyl (C=O) groups is 1. The topological polar surface area (TPSA) is 55.1 Å². The highest BCUT2D eigenvalue weighted by Crippen LogP contribution is 2.17. The number of hydrogen-bond donors (Lipinski definition) is 1. The van der Waals surface area contributed by atoms with Crippen molar-refractivity contribution in [1.82, 2.24) is 9.78 Å². The van der Waals surface area contributed by atoms with Crippen molar-refractivity contribution in [2.45, 2.75) is 13.5 Å². The van der Waals surface area contributed by atoms with Crippen LogP contribution in [0.1, 0.15) is 17.3 Å². The second-order valence-corrected chi connectivity index (χ2v) is 3.03. The molecule has 1 aromatic carbocycles. The Morgan fingerprint density at radius 3 is 3.00 bits per heavy atom. The van der Waals surface area contributed by atoms with Gasteiger partial charge in [-0.1, -0.05) is 6.07 Å². The van der Waals surface area contributed by atoms with E-state index >= 15 is 0 Å². The number of carboxylic acid groups (broad SMARTS) is 1. The van der Waals surface area contributed by atoms with Crippen LogP contribution < -0.4 is 0 Å². The van der Waals surface area contributed by atoms with Crippen LogP contribution in [-0.4, -0.2) is 20.9 Å². The van der Waals surface area contributed by atoms with E-state index in [1.807, 2.05) is 13.0 Å². The van der Waals surface area contributed by atoms with E-state index in [0.29, 0.717) is 10.9 Å². The summed E-state index contributed by atoms with van der Waals surface area (Å²) in [4.78, 5) is 10.9. The second kappa shape index (κ2) is 3.14. The molecule has 1 aromatic heterocycles. The number of aryl methyl sites for hydroxylation is 1. The molecule has 0 aliphatic rings. The largest absolute Gasteiger partial charge is 0.478 e. The van der Waals surface area contributed by atoms with E-state index in [-0.39, 0.29) is 0 Å². The van der Waals surface area contributed by atoms with Gasteiger partial charge in [0, 0.05) is 18.1 Å². The predicted octanol–water partition coefficient (Wildman–Crippen LogP) is 1.75. The highest BCUT2D eigenvalue weighted by Gasteiger charge is 2.09. The third kappa shape index (κ3) is 1.25. The van der Waals surface area contributed by atoms with Crippen LogP contribution in [0.15, 0.2) is 24.4 Å². The average Bonchev–Trinajstić information content (AvgIpc) is 2.59. The summed E-state index contributed by atoms with van der Waals surface area (Å²) < 4.78 is 1.73. The molecule has 72 valence electrons. The lowest BCUT2D eigenvalue weighted by molar-refractivity contribution is 0.0699. The van der Waals surface area contributed by atoms with Gasteiger partial charge in [-0.15, -0.1) is 0 Å². The van der Waals surface area contributed by atoms with E-state index in [1.165, 1.54) is 0 Å². The van der Waals surface area contributed by atoms with Gasteiger partial charge in [-0.2, -0.15) is 5.10 Å². The van der Waals surface area contributed by atoms with Crippen molar-refractivity contribution in [3.8, 4) is 0 Å². The molecule has 14 heavy (non-hydrogen) atoms. The molecule has 0 fully saturated rings. The van der Waals surface area contributed by atoms with Crippen molar-refractivity contribution < 1.29 is 9.90 Å². The molecular formula is C10H10N2O2. The van der Waals surface area contributed by atoms with Gasteiger partial charge in [0.1, 0.15) is 0 Å². The van der Waals surface area contributed by atoms with Gasteiger partial charge in [0.05, 0.1) is 11.1 Å². The van der Waals surface area contributed by atoms with Gasteiger partial charge in [-0.25, -0.2) is 4.79 Å². The van der Waals surface area contributed by atoms with Crippen LogP contribution in [0.4, 0.5) is 0 Å². The monoisotopic (exact) mass is 190 g/mol. The fourth-order valence-corrected chi connectivity index (χ4v) is 1.44. The Morgan fingerprint density at radius 1 is 1.57 bits per heavy atom. The summed E-state index contributed by atoms with van der Waals surface area (Å²) in [5.41, 5.74) is 1.04. The summed E-state index contributed by atoms with van der Waals surface area (Å²) in [5, 5.41) is 13.9. The Labute approximate surface area is 80.8 Å². The zero-order valence-corrected chi connectivity index (χ0v) is 7.77. The van der Waals surface area contributed by atoms with Crippen LogP contribution >= 0.6 is 0 Å². The number of aromatic nitrogens is 2. The summed E-state index contributed by atoms with van der Waals surface area (Å²) in [6.45, 7) is 2.71. The number of aromatic carboxylic acids is 1. The lowest BCUT2D eigenvalue weighted by Gasteiger charge is -1.93. The van der Waals surface area contributed by atoms with Gasteiger partial charge in [0.15, 0.2) is 0 Å². The Bertz CT molecular complexity index is 488. The van der Waals surface area contributed by atoms with Crippen molar-refractivity contribution >= 4 is 16.9 Å². The van der Waals surface area contributed by atoms with Crippen molar-refractivity contribution in [3.63, 3.8) is 0 Å². The molecule has 4 heteroatoms. The Hall–Kier alpha value is -1.84. The van der Waals surface area contributed by atoms with Crippen molar-refractivity contribution in [3.05, 3.63) is 30.0 Å². The van der Waals surface area contributed by atoms with Crippen molar-refractivity contribution in [1.29, 1.82) is 0 Å². The molecule has 0 bridgehead atoms. The van der Waals surface area contributed by atoms with Gasteiger partial charge < -0.3 is 5.11 Å². The van der Waals surface area contributed by atoms with E-state index in [1.54, 1.807) is 23.0 Å². The van der Waals surface area contributed by atoms with Crippen LogP contribution in [0.25, 0.3) is 10.9 Å². The molecule has 0 saturated heterocycles. The van der Waals surface area contributed by atoms with Crippen LogP contribution in [0.3, 0.4) is 0 Å². The summed E-state index contributed by atoms with van der Waals surface area (Å²) in [7, 11) is 0. The third-order valence-corrected chi connectivity index (χ3v) is 2.15. The van der Waals surface area contributed by atoms with Crippen LogP contribution in [0, 0.1) is 0 Å². The first-order valence-electron chi connectivity index (χ1n) is 4.42. The molecule has 2 rings (SSSR count). The maximum absolute atomic E-state index is 10.9. The number of nitrogens with zero attached hydrogens (tertiary/aromatic N) is 2. The number of hydrogen-bond acceptors (Lipinski definition) is 2. The van der Waals surface area contributed by atoms with Crippen LogP contribution in [0.2, 0.25) is 0 Å². The molecule has 0 aliphatic carbocycles. The van der Waals surface area contributed by atoms with Gasteiger partial charge in [0.2, 0.25) is 0 Å². The summed E-state index contributed by atoms with van der Waals surface area (Å²) in [6.07, 6.45) is 1.76. The third-order valence-electron chi connectivity index (χ3n) is 2.15. The predicted molar refractivity (Wildman–Crippen MR) is 52.4 cm³/mol. The molecule has 0 radical (unpaired) electrons. The summed E-state index contributed by atoms with van der Waals surface area (Å²) in [6, 6.07) is 5.11. The maximum atomic E-state index is 10.9. The van der Waals surface area contributed by atoms with E-state index in [2.05, 4.69) is 5.10 Å². The second-order valence-electron chi connectivity index (χ2n) is 3.03. The SMILES string of the molecule is CCn1cc2c(C(=O)O)cccc2n1.